The van der Waals surface area contributed by atoms with E-state index in [0.29, 0.717) is 33.5 Å². The van der Waals surface area contributed by atoms with Crippen molar-refractivity contribution < 1.29 is 14.3 Å². The third kappa shape index (κ3) is 3.38. The van der Waals surface area contributed by atoms with Crippen molar-refractivity contribution in [1.82, 2.24) is 0 Å². The smallest absolute Gasteiger partial charge is 0.255 e. The lowest BCUT2D eigenvalue weighted by molar-refractivity contribution is 0.102. The summed E-state index contributed by atoms with van der Waals surface area (Å²) in [5.41, 5.74) is 7.20. The first-order chi connectivity index (χ1) is 10.0. The van der Waals surface area contributed by atoms with Crippen molar-refractivity contribution in [3.63, 3.8) is 0 Å². The van der Waals surface area contributed by atoms with Gasteiger partial charge in [0.2, 0.25) is 0 Å². The van der Waals surface area contributed by atoms with E-state index in [-0.39, 0.29) is 5.91 Å². The van der Waals surface area contributed by atoms with Crippen molar-refractivity contribution in [2.75, 3.05) is 25.3 Å². The first-order valence-corrected chi connectivity index (χ1v) is 6.51. The number of anilines is 2. The van der Waals surface area contributed by atoms with E-state index in [9.17, 15) is 4.79 Å². The summed E-state index contributed by atoms with van der Waals surface area (Å²) in [6, 6.07) is 9.82. The maximum absolute atomic E-state index is 12.2. The zero-order valence-electron chi connectivity index (χ0n) is 11.6. The predicted octanol–water partition coefficient (Wildman–Crippen LogP) is 3.19. The molecule has 0 heterocycles. The molecule has 21 heavy (non-hydrogen) atoms. The van der Waals surface area contributed by atoms with Crippen molar-refractivity contribution in [3.8, 4) is 11.5 Å². The highest BCUT2D eigenvalue weighted by molar-refractivity contribution is 6.32. The number of nitrogens with one attached hydrogen (secondary N) is 1. The third-order valence-electron chi connectivity index (χ3n) is 2.92. The van der Waals surface area contributed by atoms with E-state index < -0.39 is 0 Å². The molecule has 5 nitrogen and oxygen atoms in total. The minimum atomic E-state index is -0.309. The monoisotopic (exact) mass is 306 g/mol. The number of rotatable bonds is 4. The zero-order valence-corrected chi connectivity index (χ0v) is 12.4. The van der Waals surface area contributed by atoms with Crippen LogP contribution in [0.5, 0.6) is 11.5 Å². The van der Waals surface area contributed by atoms with Crippen LogP contribution >= 0.6 is 11.6 Å². The van der Waals surface area contributed by atoms with Crippen LogP contribution in [0.1, 0.15) is 10.4 Å². The molecule has 2 rings (SSSR count). The van der Waals surface area contributed by atoms with Gasteiger partial charge in [-0.1, -0.05) is 11.6 Å². The third-order valence-corrected chi connectivity index (χ3v) is 3.22. The van der Waals surface area contributed by atoms with Gasteiger partial charge in [-0.2, -0.15) is 0 Å². The van der Waals surface area contributed by atoms with Gasteiger partial charge in [0.15, 0.2) is 0 Å². The average Bonchev–Trinajstić information content (AvgIpc) is 2.49. The number of halogens is 1. The topological polar surface area (TPSA) is 73.6 Å². The quantitative estimate of drug-likeness (QED) is 0.851. The Morgan fingerprint density at radius 1 is 1.14 bits per heavy atom. The average molecular weight is 307 g/mol. The molecule has 0 aliphatic carbocycles. The summed E-state index contributed by atoms with van der Waals surface area (Å²) in [7, 11) is 3.06. The Morgan fingerprint density at radius 3 is 2.48 bits per heavy atom. The molecule has 2 aromatic carbocycles. The maximum Gasteiger partial charge on any atom is 0.255 e. The summed E-state index contributed by atoms with van der Waals surface area (Å²) >= 11 is 6.00. The molecule has 0 radical (unpaired) electrons. The highest BCUT2D eigenvalue weighted by Crippen LogP contribution is 2.27. The molecule has 0 spiro atoms. The van der Waals surface area contributed by atoms with Gasteiger partial charge < -0.3 is 20.5 Å². The van der Waals surface area contributed by atoms with Gasteiger partial charge >= 0.3 is 0 Å². The Morgan fingerprint density at radius 2 is 1.90 bits per heavy atom. The highest BCUT2D eigenvalue weighted by atomic mass is 35.5. The van der Waals surface area contributed by atoms with Gasteiger partial charge in [0, 0.05) is 11.6 Å². The van der Waals surface area contributed by atoms with E-state index in [1.165, 1.54) is 13.2 Å². The lowest BCUT2D eigenvalue weighted by atomic mass is 10.2. The number of carbonyl (C=O) groups is 1. The van der Waals surface area contributed by atoms with Crippen LogP contribution in [-0.2, 0) is 0 Å². The normalized spacial score (nSPS) is 10.0. The lowest BCUT2D eigenvalue weighted by Gasteiger charge is -2.10. The van der Waals surface area contributed by atoms with Crippen LogP contribution in [0.3, 0.4) is 0 Å². The predicted molar refractivity (Wildman–Crippen MR) is 83.4 cm³/mol. The van der Waals surface area contributed by atoms with Crippen LogP contribution in [0.25, 0.3) is 0 Å². The van der Waals surface area contributed by atoms with Crippen LogP contribution in [0.15, 0.2) is 36.4 Å². The van der Waals surface area contributed by atoms with Gasteiger partial charge in [0.05, 0.1) is 30.6 Å². The van der Waals surface area contributed by atoms with Crippen molar-refractivity contribution in [3.05, 3.63) is 47.0 Å². The number of carbonyl (C=O) groups excluding carboxylic acids is 1. The SMILES string of the molecule is COc1ccc(NC(=O)c2ccc(OC)c(Cl)c2)c(N)c1. The van der Waals surface area contributed by atoms with E-state index >= 15 is 0 Å². The number of hydrogen-bond acceptors (Lipinski definition) is 4. The molecule has 110 valence electrons. The fraction of sp³-hybridized carbons (Fsp3) is 0.133. The summed E-state index contributed by atoms with van der Waals surface area (Å²) in [6.07, 6.45) is 0. The van der Waals surface area contributed by atoms with Gasteiger partial charge in [0.25, 0.3) is 5.91 Å². The lowest BCUT2D eigenvalue weighted by Crippen LogP contribution is -2.13. The molecule has 0 fully saturated rings. The van der Waals surface area contributed by atoms with E-state index in [4.69, 9.17) is 26.8 Å². The van der Waals surface area contributed by atoms with Crippen molar-refractivity contribution in [2.45, 2.75) is 0 Å². The molecule has 3 N–H and O–H groups in total. The minimum absolute atomic E-state index is 0.309. The molecule has 0 saturated heterocycles. The summed E-state index contributed by atoms with van der Waals surface area (Å²) in [5, 5.41) is 3.09. The van der Waals surface area contributed by atoms with E-state index in [1.807, 2.05) is 0 Å². The second kappa shape index (κ2) is 6.37. The van der Waals surface area contributed by atoms with Gasteiger partial charge in [0.1, 0.15) is 11.5 Å². The molecule has 0 saturated carbocycles. The largest absolute Gasteiger partial charge is 0.497 e. The molecular weight excluding hydrogens is 292 g/mol. The van der Waals surface area contributed by atoms with Crippen LogP contribution in [0.2, 0.25) is 5.02 Å². The number of nitrogen functional groups attached to an aromatic ring is 1. The summed E-state index contributed by atoms with van der Waals surface area (Å²) in [6.45, 7) is 0. The first-order valence-electron chi connectivity index (χ1n) is 6.13. The van der Waals surface area contributed by atoms with Crippen LogP contribution in [-0.4, -0.2) is 20.1 Å². The van der Waals surface area contributed by atoms with Gasteiger partial charge in [-0.3, -0.25) is 4.79 Å². The standard InChI is InChI=1S/C15H15ClN2O3/c1-20-10-4-5-13(12(17)8-10)18-15(19)9-3-6-14(21-2)11(16)7-9/h3-8H,17H2,1-2H3,(H,18,19). The molecule has 0 aromatic heterocycles. The summed E-state index contributed by atoms with van der Waals surface area (Å²) in [5.74, 6) is 0.826. The molecule has 6 heteroatoms. The highest BCUT2D eigenvalue weighted by Gasteiger charge is 2.11. The van der Waals surface area contributed by atoms with Crippen LogP contribution in [0.4, 0.5) is 11.4 Å². The molecule has 2 aromatic rings. The Hall–Kier alpha value is -2.40. The van der Waals surface area contributed by atoms with E-state index in [0.717, 1.165) is 0 Å². The van der Waals surface area contributed by atoms with Gasteiger partial charge in [-0.05, 0) is 30.3 Å². The number of amides is 1. The molecule has 0 unspecified atom stereocenters. The van der Waals surface area contributed by atoms with Crippen LogP contribution < -0.4 is 20.5 Å². The second-order valence-electron chi connectivity index (χ2n) is 4.26. The molecule has 0 atom stereocenters. The minimum Gasteiger partial charge on any atom is -0.497 e. The second-order valence-corrected chi connectivity index (χ2v) is 4.66. The Bertz CT molecular complexity index is 674. The molecule has 0 aliphatic heterocycles. The van der Waals surface area contributed by atoms with Gasteiger partial charge in [-0.25, -0.2) is 0 Å². The molecule has 0 bridgehead atoms. The molecule has 1 amide bonds. The molecule has 0 aliphatic rings. The van der Waals surface area contributed by atoms with E-state index in [1.54, 1.807) is 37.4 Å². The summed E-state index contributed by atoms with van der Waals surface area (Å²) < 4.78 is 10.1. The number of benzene rings is 2. The van der Waals surface area contributed by atoms with Crippen molar-refractivity contribution in [2.24, 2.45) is 0 Å². The fourth-order valence-electron chi connectivity index (χ4n) is 1.78. The number of nitrogens with two attached hydrogens (primary N) is 1. The first kappa shape index (κ1) is 15.0. The van der Waals surface area contributed by atoms with E-state index in [2.05, 4.69) is 5.32 Å². The number of methoxy groups -OCH3 is 2. The Labute approximate surface area is 127 Å². The van der Waals surface area contributed by atoms with Crippen molar-refractivity contribution >= 4 is 28.9 Å². The maximum atomic E-state index is 12.2. The fourth-order valence-corrected chi connectivity index (χ4v) is 2.04. The Balaban J connectivity index is 2.20. The Kier molecular flexibility index (Phi) is 4.55. The number of ether oxygens (including phenoxy) is 2. The van der Waals surface area contributed by atoms with Crippen molar-refractivity contribution in [1.29, 1.82) is 0 Å². The zero-order chi connectivity index (χ0) is 15.4. The summed E-state index contributed by atoms with van der Waals surface area (Å²) in [4.78, 5) is 12.2. The van der Waals surface area contributed by atoms with Gasteiger partial charge in [-0.15, -0.1) is 0 Å². The van der Waals surface area contributed by atoms with Crippen LogP contribution in [0, 0.1) is 0 Å². The molecular formula is C15H15ClN2O3. The number of hydrogen-bond donors (Lipinski definition) is 2.